The summed E-state index contributed by atoms with van der Waals surface area (Å²) in [4.78, 5) is 0. The Labute approximate surface area is 181 Å². The van der Waals surface area contributed by atoms with Gasteiger partial charge in [-0.05, 0) is 48.7 Å². The number of benzene rings is 3. The summed E-state index contributed by atoms with van der Waals surface area (Å²) in [5.74, 6) is -7.29. The second-order valence-electron chi connectivity index (χ2n) is 6.66. The van der Waals surface area contributed by atoms with Gasteiger partial charge >= 0.3 is 0 Å². The summed E-state index contributed by atoms with van der Waals surface area (Å²) in [6, 6.07) is 8.55. The van der Waals surface area contributed by atoms with Crippen LogP contribution in [0.5, 0.6) is 11.5 Å². The molecule has 0 heterocycles. The van der Waals surface area contributed by atoms with Crippen molar-refractivity contribution >= 4 is 22.4 Å². The number of halogens is 5. The highest BCUT2D eigenvalue weighted by Gasteiger charge is 2.23. The first-order valence-corrected chi connectivity index (χ1v) is 9.63. The maximum absolute atomic E-state index is 14.9. The van der Waals surface area contributed by atoms with Crippen LogP contribution in [0.3, 0.4) is 0 Å². The van der Waals surface area contributed by atoms with Crippen LogP contribution < -0.4 is 9.47 Å². The molecule has 0 radical (unpaired) electrons. The minimum absolute atomic E-state index is 0.0150. The zero-order valence-corrected chi connectivity index (χ0v) is 17.1. The molecule has 2 nitrogen and oxygen atoms in total. The Kier molecular flexibility index (Phi) is 7.30. The fraction of sp³-hybridized carbons (Fsp3) is 0.120. The maximum atomic E-state index is 14.9. The van der Waals surface area contributed by atoms with E-state index in [1.54, 1.807) is 19.1 Å². The van der Waals surface area contributed by atoms with Crippen molar-refractivity contribution in [1.29, 1.82) is 0 Å². The first-order chi connectivity index (χ1) is 15.4. The standard InChI is InChI=1S/C25H19F5O2/c1-3-5-13-32-19-14-16-8-11-18(22(27)20(16)25(30)24(19)29)23(28)21(26)15-6-9-17(10-7-15)31-12-4-2/h3-11,14H,2,12-13H2,1H3. The monoisotopic (exact) mass is 446 g/mol. The molecule has 0 unspecified atom stereocenters. The van der Waals surface area contributed by atoms with Crippen molar-refractivity contribution in [2.24, 2.45) is 0 Å². The molecule has 0 N–H and O–H groups in total. The minimum Gasteiger partial charge on any atom is -0.490 e. The molecule has 0 amide bonds. The summed E-state index contributed by atoms with van der Waals surface area (Å²) in [6.45, 7) is 5.45. The first kappa shape index (κ1) is 23.1. The van der Waals surface area contributed by atoms with Crippen LogP contribution in [0.15, 0.2) is 67.3 Å². The second-order valence-corrected chi connectivity index (χ2v) is 6.66. The fourth-order valence-electron chi connectivity index (χ4n) is 2.96. The van der Waals surface area contributed by atoms with Crippen LogP contribution >= 0.6 is 0 Å². The summed E-state index contributed by atoms with van der Waals surface area (Å²) in [5.41, 5.74) is -1.00. The summed E-state index contributed by atoms with van der Waals surface area (Å²) < 4.78 is 83.7. The summed E-state index contributed by atoms with van der Waals surface area (Å²) >= 11 is 0. The van der Waals surface area contributed by atoms with Gasteiger partial charge in [-0.25, -0.2) is 17.6 Å². The third-order valence-electron chi connectivity index (χ3n) is 4.56. The smallest absolute Gasteiger partial charge is 0.201 e. The van der Waals surface area contributed by atoms with E-state index in [0.29, 0.717) is 5.75 Å². The van der Waals surface area contributed by atoms with Crippen LogP contribution in [-0.2, 0) is 0 Å². The molecule has 0 fully saturated rings. The van der Waals surface area contributed by atoms with E-state index >= 15 is 0 Å². The average molecular weight is 446 g/mol. The van der Waals surface area contributed by atoms with E-state index in [1.807, 2.05) is 0 Å². The maximum Gasteiger partial charge on any atom is 0.201 e. The van der Waals surface area contributed by atoms with Gasteiger partial charge in [0.1, 0.15) is 24.8 Å². The van der Waals surface area contributed by atoms with Crippen LogP contribution in [-0.4, -0.2) is 13.2 Å². The molecule has 0 atom stereocenters. The SMILES string of the molecule is C=CCOc1ccc(C(F)=C(F)c2ccc3cc(OCC=CC)c(F)c(F)c3c2F)cc1. The van der Waals surface area contributed by atoms with Gasteiger partial charge in [0.2, 0.25) is 5.82 Å². The lowest BCUT2D eigenvalue weighted by molar-refractivity contribution is 0.333. The zero-order valence-electron chi connectivity index (χ0n) is 17.1. The van der Waals surface area contributed by atoms with E-state index in [0.717, 1.165) is 18.2 Å². The van der Waals surface area contributed by atoms with Crippen molar-refractivity contribution < 1.29 is 31.4 Å². The number of hydrogen-bond acceptors (Lipinski definition) is 2. The van der Waals surface area contributed by atoms with Crippen molar-refractivity contribution in [3.05, 3.63) is 95.9 Å². The van der Waals surface area contributed by atoms with Gasteiger partial charge in [0.15, 0.2) is 23.2 Å². The molecule has 3 aromatic rings. The van der Waals surface area contributed by atoms with Crippen LogP contribution in [0.4, 0.5) is 22.0 Å². The van der Waals surface area contributed by atoms with E-state index in [4.69, 9.17) is 9.47 Å². The normalized spacial score (nSPS) is 12.2. The van der Waals surface area contributed by atoms with Crippen LogP contribution in [0.1, 0.15) is 18.1 Å². The van der Waals surface area contributed by atoms with Crippen LogP contribution in [0, 0.1) is 17.5 Å². The summed E-state index contributed by atoms with van der Waals surface area (Å²) in [7, 11) is 0. The number of hydrogen-bond donors (Lipinski definition) is 0. The fourth-order valence-corrected chi connectivity index (χ4v) is 2.96. The Balaban J connectivity index is 2.02. The van der Waals surface area contributed by atoms with Gasteiger partial charge in [-0.3, -0.25) is 0 Å². The zero-order chi connectivity index (χ0) is 23.3. The van der Waals surface area contributed by atoms with Crippen LogP contribution in [0.2, 0.25) is 0 Å². The molecule has 7 heteroatoms. The predicted octanol–water partition coefficient (Wildman–Crippen LogP) is 7.54. The molecule has 0 aromatic heterocycles. The number of ether oxygens (including phenoxy) is 2. The van der Waals surface area contributed by atoms with Crippen molar-refractivity contribution in [2.45, 2.75) is 6.92 Å². The molecular weight excluding hydrogens is 427 g/mol. The highest BCUT2D eigenvalue weighted by molar-refractivity contribution is 5.91. The van der Waals surface area contributed by atoms with Gasteiger partial charge < -0.3 is 9.47 Å². The average Bonchev–Trinajstić information content (AvgIpc) is 2.80. The number of rotatable bonds is 8. The molecule has 0 aliphatic carbocycles. The third-order valence-corrected chi connectivity index (χ3v) is 4.56. The van der Waals surface area contributed by atoms with E-state index in [9.17, 15) is 22.0 Å². The lowest BCUT2D eigenvalue weighted by Crippen LogP contribution is -2.01. The second kappa shape index (κ2) is 10.1. The van der Waals surface area contributed by atoms with Gasteiger partial charge in [-0.2, -0.15) is 4.39 Å². The van der Waals surface area contributed by atoms with E-state index in [2.05, 4.69) is 6.58 Å². The molecule has 3 rings (SSSR count). The molecular formula is C25H19F5O2. The van der Waals surface area contributed by atoms with Crippen molar-refractivity contribution in [1.82, 2.24) is 0 Å². The highest BCUT2D eigenvalue weighted by atomic mass is 19.2. The van der Waals surface area contributed by atoms with Gasteiger partial charge in [0.25, 0.3) is 0 Å². The summed E-state index contributed by atoms with van der Waals surface area (Å²) in [6.07, 6.45) is 4.76. The largest absolute Gasteiger partial charge is 0.490 e. The third kappa shape index (κ3) is 4.66. The molecule has 0 aliphatic heterocycles. The molecule has 0 aliphatic rings. The Morgan fingerprint density at radius 2 is 1.59 bits per heavy atom. The van der Waals surface area contributed by atoms with Gasteiger partial charge in [-0.1, -0.05) is 30.9 Å². The Morgan fingerprint density at radius 1 is 0.875 bits per heavy atom. The number of fused-ring (bicyclic) bond motifs is 1. The molecule has 0 saturated heterocycles. The topological polar surface area (TPSA) is 18.5 Å². The molecule has 32 heavy (non-hydrogen) atoms. The molecule has 0 bridgehead atoms. The molecule has 3 aromatic carbocycles. The quantitative estimate of drug-likeness (QED) is 0.202. The molecule has 0 spiro atoms. The summed E-state index contributed by atoms with van der Waals surface area (Å²) in [5, 5.41) is -0.855. The van der Waals surface area contributed by atoms with Crippen LogP contribution in [0.25, 0.3) is 22.4 Å². The molecule has 0 saturated carbocycles. The first-order valence-electron chi connectivity index (χ1n) is 9.63. The lowest BCUT2D eigenvalue weighted by atomic mass is 10.0. The van der Waals surface area contributed by atoms with Gasteiger partial charge in [0.05, 0.1) is 5.39 Å². The van der Waals surface area contributed by atoms with Gasteiger partial charge in [-0.15, -0.1) is 0 Å². The van der Waals surface area contributed by atoms with Crippen molar-refractivity contribution in [3.63, 3.8) is 0 Å². The minimum atomic E-state index is -1.55. The van der Waals surface area contributed by atoms with Crippen molar-refractivity contribution in [2.75, 3.05) is 13.2 Å². The lowest BCUT2D eigenvalue weighted by Gasteiger charge is -2.11. The molecule has 166 valence electrons. The Morgan fingerprint density at radius 3 is 2.25 bits per heavy atom. The Bertz CT molecular complexity index is 1200. The van der Waals surface area contributed by atoms with E-state index < -0.39 is 45.8 Å². The van der Waals surface area contributed by atoms with Gasteiger partial charge in [0, 0.05) is 11.1 Å². The van der Waals surface area contributed by atoms with Crippen molar-refractivity contribution in [3.8, 4) is 11.5 Å². The number of allylic oxidation sites excluding steroid dienone is 1. The predicted molar refractivity (Wildman–Crippen MR) is 115 cm³/mol. The Hall–Kier alpha value is -3.61. The van der Waals surface area contributed by atoms with E-state index in [-0.39, 0.29) is 24.2 Å². The highest BCUT2D eigenvalue weighted by Crippen LogP contribution is 2.36. The van der Waals surface area contributed by atoms with E-state index in [1.165, 1.54) is 30.3 Å².